The maximum Gasteiger partial charge on any atom is 0.272 e. The Balaban J connectivity index is 1.51. The van der Waals surface area contributed by atoms with Gasteiger partial charge in [-0.15, -0.1) is 0 Å². The standard InChI is InChI=1S/C22H18FN3O/c1-15(17-10-9-16-5-2-3-6-18(16)13-17)24-22(27)21-11-12-26(25-21)20-8-4-7-19(23)14-20/h2-15H,1H3,(H,24,27). The highest BCUT2D eigenvalue weighted by Gasteiger charge is 2.15. The third-order valence-corrected chi connectivity index (χ3v) is 4.52. The SMILES string of the molecule is CC(NC(=O)c1ccn(-c2cccc(F)c2)n1)c1ccc2ccccc2c1. The van der Waals surface area contributed by atoms with Crippen LogP contribution in [0.3, 0.4) is 0 Å². The van der Waals surface area contributed by atoms with Gasteiger partial charge in [-0.3, -0.25) is 4.79 Å². The van der Waals surface area contributed by atoms with E-state index in [1.165, 1.54) is 16.8 Å². The number of aromatic nitrogens is 2. The number of hydrogen-bond donors (Lipinski definition) is 1. The Hall–Kier alpha value is -3.47. The highest BCUT2D eigenvalue weighted by atomic mass is 19.1. The lowest BCUT2D eigenvalue weighted by molar-refractivity contribution is 0.0934. The highest BCUT2D eigenvalue weighted by molar-refractivity contribution is 5.92. The van der Waals surface area contributed by atoms with Crippen molar-refractivity contribution in [2.45, 2.75) is 13.0 Å². The molecule has 27 heavy (non-hydrogen) atoms. The van der Waals surface area contributed by atoms with Crippen molar-refractivity contribution in [3.8, 4) is 5.69 Å². The van der Waals surface area contributed by atoms with Gasteiger partial charge in [-0.2, -0.15) is 5.10 Å². The van der Waals surface area contributed by atoms with E-state index in [0.29, 0.717) is 5.69 Å². The zero-order valence-corrected chi connectivity index (χ0v) is 14.8. The summed E-state index contributed by atoms with van der Waals surface area (Å²) < 4.78 is 14.9. The highest BCUT2D eigenvalue weighted by Crippen LogP contribution is 2.20. The van der Waals surface area contributed by atoms with Crippen LogP contribution in [0.2, 0.25) is 0 Å². The van der Waals surface area contributed by atoms with Crippen LogP contribution in [-0.2, 0) is 0 Å². The summed E-state index contributed by atoms with van der Waals surface area (Å²) in [7, 11) is 0. The molecule has 1 atom stereocenters. The predicted octanol–water partition coefficient (Wildman–Crippen LogP) is 4.66. The number of carbonyl (C=O) groups excluding carboxylic acids is 1. The van der Waals surface area contributed by atoms with Gasteiger partial charge in [0.15, 0.2) is 5.69 Å². The van der Waals surface area contributed by atoms with Crippen LogP contribution in [0.25, 0.3) is 16.5 Å². The Labute approximate surface area is 156 Å². The molecule has 5 heteroatoms. The summed E-state index contributed by atoms with van der Waals surface area (Å²) in [5.41, 5.74) is 1.87. The first-order valence-corrected chi connectivity index (χ1v) is 8.71. The largest absolute Gasteiger partial charge is 0.344 e. The van der Waals surface area contributed by atoms with Crippen LogP contribution in [0.4, 0.5) is 4.39 Å². The minimum atomic E-state index is -0.348. The number of nitrogens with one attached hydrogen (secondary N) is 1. The second-order valence-corrected chi connectivity index (χ2v) is 6.43. The summed E-state index contributed by atoms with van der Waals surface area (Å²) >= 11 is 0. The molecule has 3 aromatic carbocycles. The average Bonchev–Trinajstić information content (AvgIpc) is 3.18. The molecule has 1 heterocycles. The normalized spacial score (nSPS) is 12.1. The number of benzene rings is 3. The molecular weight excluding hydrogens is 341 g/mol. The molecule has 1 unspecified atom stereocenters. The molecule has 1 N–H and O–H groups in total. The van der Waals surface area contributed by atoms with Crippen molar-refractivity contribution in [1.82, 2.24) is 15.1 Å². The van der Waals surface area contributed by atoms with Crippen molar-refractivity contribution < 1.29 is 9.18 Å². The van der Waals surface area contributed by atoms with Gasteiger partial charge in [-0.25, -0.2) is 9.07 Å². The molecule has 0 radical (unpaired) electrons. The average molecular weight is 359 g/mol. The number of amides is 1. The molecular formula is C22H18FN3O. The van der Waals surface area contributed by atoms with Gasteiger partial charge in [0.2, 0.25) is 0 Å². The fourth-order valence-electron chi connectivity index (χ4n) is 3.04. The van der Waals surface area contributed by atoms with Gasteiger partial charge in [-0.1, -0.05) is 42.5 Å². The molecule has 4 aromatic rings. The third-order valence-electron chi connectivity index (χ3n) is 4.52. The fourth-order valence-corrected chi connectivity index (χ4v) is 3.04. The summed E-state index contributed by atoms with van der Waals surface area (Å²) in [6, 6.07) is 21.8. The Bertz CT molecular complexity index is 1120. The molecule has 0 aliphatic carbocycles. The first-order valence-electron chi connectivity index (χ1n) is 8.71. The fraction of sp³-hybridized carbons (Fsp3) is 0.0909. The van der Waals surface area contributed by atoms with Crippen LogP contribution in [-0.4, -0.2) is 15.7 Å². The lowest BCUT2D eigenvalue weighted by atomic mass is 10.0. The van der Waals surface area contributed by atoms with E-state index in [2.05, 4.69) is 22.5 Å². The van der Waals surface area contributed by atoms with Gasteiger partial charge >= 0.3 is 0 Å². The summed E-state index contributed by atoms with van der Waals surface area (Å²) in [5, 5.41) is 9.51. The molecule has 4 nitrogen and oxygen atoms in total. The van der Waals surface area contributed by atoms with Crippen molar-refractivity contribution in [1.29, 1.82) is 0 Å². The van der Waals surface area contributed by atoms with Crippen LogP contribution in [0.15, 0.2) is 79.0 Å². The summed E-state index contributed by atoms with van der Waals surface area (Å²) in [5.74, 6) is -0.621. The van der Waals surface area contributed by atoms with Gasteiger partial charge in [0.05, 0.1) is 11.7 Å². The van der Waals surface area contributed by atoms with Gasteiger partial charge in [0.25, 0.3) is 5.91 Å². The van der Waals surface area contributed by atoms with E-state index in [9.17, 15) is 9.18 Å². The van der Waals surface area contributed by atoms with Gasteiger partial charge < -0.3 is 5.32 Å². The topological polar surface area (TPSA) is 46.9 Å². The number of halogens is 1. The molecule has 1 amide bonds. The maximum absolute atomic E-state index is 13.4. The molecule has 134 valence electrons. The number of carbonyl (C=O) groups is 1. The lowest BCUT2D eigenvalue weighted by Gasteiger charge is -2.14. The molecule has 0 fully saturated rings. The van der Waals surface area contributed by atoms with Crippen molar-refractivity contribution in [3.63, 3.8) is 0 Å². The Morgan fingerprint density at radius 1 is 1.00 bits per heavy atom. The van der Waals surface area contributed by atoms with E-state index in [4.69, 9.17) is 0 Å². The van der Waals surface area contributed by atoms with Crippen molar-refractivity contribution in [2.24, 2.45) is 0 Å². The molecule has 0 saturated heterocycles. The van der Waals surface area contributed by atoms with Gasteiger partial charge in [0, 0.05) is 6.20 Å². The summed E-state index contributed by atoms with van der Waals surface area (Å²) in [6.07, 6.45) is 1.64. The van der Waals surface area contributed by atoms with E-state index in [1.54, 1.807) is 24.4 Å². The first kappa shape index (κ1) is 17.0. The van der Waals surface area contributed by atoms with Crippen molar-refractivity contribution in [3.05, 3.63) is 96.1 Å². The molecule has 0 bridgehead atoms. The summed E-state index contributed by atoms with van der Waals surface area (Å²) in [4.78, 5) is 12.5. The van der Waals surface area contributed by atoms with E-state index >= 15 is 0 Å². The first-order chi connectivity index (χ1) is 13.1. The van der Waals surface area contributed by atoms with Gasteiger partial charge in [0.1, 0.15) is 5.82 Å². The number of rotatable bonds is 4. The van der Waals surface area contributed by atoms with Crippen LogP contribution in [0.5, 0.6) is 0 Å². The minimum absolute atomic E-state index is 0.165. The third kappa shape index (κ3) is 3.58. The molecule has 0 saturated carbocycles. The van der Waals surface area contributed by atoms with E-state index in [0.717, 1.165) is 16.3 Å². The molecule has 0 aliphatic heterocycles. The Morgan fingerprint density at radius 3 is 2.63 bits per heavy atom. The van der Waals surface area contributed by atoms with Crippen LogP contribution in [0.1, 0.15) is 29.0 Å². The quantitative estimate of drug-likeness (QED) is 0.576. The smallest absolute Gasteiger partial charge is 0.272 e. The zero-order chi connectivity index (χ0) is 18.8. The molecule has 4 rings (SSSR count). The molecule has 0 aliphatic rings. The van der Waals surface area contributed by atoms with Crippen LogP contribution in [0, 0.1) is 5.82 Å². The van der Waals surface area contributed by atoms with Crippen LogP contribution >= 0.6 is 0 Å². The van der Waals surface area contributed by atoms with E-state index < -0.39 is 0 Å². The maximum atomic E-state index is 13.4. The van der Waals surface area contributed by atoms with Crippen molar-refractivity contribution >= 4 is 16.7 Å². The van der Waals surface area contributed by atoms with E-state index in [1.807, 2.05) is 37.3 Å². The number of fused-ring (bicyclic) bond motifs is 1. The predicted molar refractivity (Wildman–Crippen MR) is 103 cm³/mol. The Morgan fingerprint density at radius 2 is 1.81 bits per heavy atom. The second kappa shape index (κ2) is 7.03. The van der Waals surface area contributed by atoms with Gasteiger partial charge in [-0.05, 0) is 53.6 Å². The lowest BCUT2D eigenvalue weighted by Crippen LogP contribution is -2.27. The summed E-state index contributed by atoms with van der Waals surface area (Å²) in [6.45, 7) is 1.94. The zero-order valence-electron chi connectivity index (χ0n) is 14.8. The molecule has 0 spiro atoms. The van der Waals surface area contributed by atoms with Crippen LogP contribution < -0.4 is 5.32 Å². The second-order valence-electron chi connectivity index (χ2n) is 6.43. The Kier molecular flexibility index (Phi) is 4.42. The minimum Gasteiger partial charge on any atom is -0.344 e. The molecule has 1 aromatic heterocycles. The monoisotopic (exact) mass is 359 g/mol. The van der Waals surface area contributed by atoms with E-state index in [-0.39, 0.29) is 23.5 Å². The number of nitrogens with zero attached hydrogens (tertiary/aromatic N) is 2. The number of hydrogen-bond acceptors (Lipinski definition) is 2. The van der Waals surface area contributed by atoms with Crippen molar-refractivity contribution in [2.75, 3.05) is 0 Å².